The number of hydrogen-bond acceptors (Lipinski definition) is 7. The topological polar surface area (TPSA) is 138 Å². The highest BCUT2D eigenvalue weighted by Crippen LogP contribution is 2.30. The average Bonchev–Trinajstić information content (AvgIpc) is 3.29. The van der Waals surface area contributed by atoms with Crippen molar-refractivity contribution in [1.82, 2.24) is 29.7 Å². The second-order valence-corrected chi connectivity index (χ2v) is 8.64. The normalized spacial score (nSPS) is 11.0. The Labute approximate surface area is 202 Å². The quantitative estimate of drug-likeness (QED) is 0.248. The Bertz CT molecular complexity index is 1660. The summed E-state index contributed by atoms with van der Waals surface area (Å²) in [6.07, 6.45) is 2.83. The van der Waals surface area contributed by atoms with Crippen LogP contribution in [0.2, 0.25) is 0 Å². The lowest BCUT2D eigenvalue weighted by atomic mass is 10.1. The van der Waals surface area contributed by atoms with Crippen LogP contribution in [0, 0.1) is 6.92 Å². The van der Waals surface area contributed by atoms with Gasteiger partial charge in [0.15, 0.2) is 11.5 Å². The zero-order chi connectivity index (χ0) is 24.4. The molecule has 0 saturated heterocycles. The van der Waals surface area contributed by atoms with Crippen molar-refractivity contribution in [2.75, 3.05) is 11.1 Å². The number of hydrogen-bond donors (Lipinski definition) is 3. The first-order valence-corrected chi connectivity index (χ1v) is 11.6. The fourth-order valence-corrected chi connectivity index (χ4v) is 4.28. The molecule has 11 heteroatoms. The number of aromatic amines is 2. The fraction of sp³-hybridized carbons (Fsp3) is 0.0833. The summed E-state index contributed by atoms with van der Waals surface area (Å²) in [7, 11) is 0. The molecule has 0 atom stereocenters. The van der Waals surface area contributed by atoms with Gasteiger partial charge in [0.25, 0.3) is 5.56 Å². The molecule has 3 aromatic heterocycles. The van der Waals surface area contributed by atoms with Crippen LogP contribution >= 0.6 is 11.8 Å². The minimum atomic E-state index is -0.678. The van der Waals surface area contributed by atoms with Gasteiger partial charge in [-0.2, -0.15) is 5.10 Å². The molecular weight excluding hydrogens is 466 g/mol. The van der Waals surface area contributed by atoms with Gasteiger partial charge in [0.1, 0.15) is 10.7 Å². The lowest BCUT2D eigenvalue weighted by molar-refractivity contribution is -0.113. The van der Waals surface area contributed by atoms with Gasteiger partial charge in [-0.15, -0.1) is 0 Å². The summed E-state index contributed by atoms with van der Waals surface area (Å²) in [5, 5.41) is 8.30. The first kappa shape index (κ1) is 22.3. The maximum Gasteiger partial charge on any atom is 0.325 e. The number of aryl methyl sites for hydroxylation is 1. The van der Waals surface area contributed by atoms with Crippen molar-refractivity contribution in [3.63, 3.8) is 0 Å². The Balaban J connectivity index is 1.51. The SMILES string of the molecule is Cc1cccc(-c2nc(SCC(=O)Nc3c[nH]c(=O)[nH]c3=O)c3cnn(-c4ccccc4)c3n2)c1. The number of para-hydroxylation sites is 1. The van der Waals surface area contributed by atoms with Crippen LogP contribution in [0.25, 0.3) is 28.1 Å². The Morgan fingerprint density at radius 3 is 2.69 bits per heavy atom. The van der Waals surface area contributed by atoms with E-state index in [0.29, 0.717) is 21.9 Å². The second-order valence-electron chi connectivity index (χ2n) is 7.67. The number of rotatable bonds is 6. The van der Waals surface area contributed by atoms with Gasteiger partial charge in [-0.1, -0.05) is 53.7 Å². The summed E-state index contributed by atoms with van der Waals surface area (Å²) in [4.78, 5) is 49.5. The van der Waals surface area contributed by atoms with E-state index in [1.807, 2.05) is 61.5 Å². The maximum atomic E-state index is 12.5. The van der Waals surface area contributed by atoms with Crippen LogP contribution < -0.4 is 16.6 Å². The third kappa shape index (κ3) is 4.75. The van der Waals surface area contributed by atoms with Gasteiger partial charge in [-0.25, -0.2) is 19.4 Å². The molecule has 0 aliphatic carbocycles. The highest BCUT2D eigenvalue weighted by molar-refractivity contribution is 8.00. The number of nitrogens with one attached hydrogen (secondary N) is 3. The minimum Gasteiger partial charge on any atom is -0.320 e. The highest BCUT2D eigenvalue weighted by atomic mass is 32.2. The maximum absolute atomic E-state index is 12.5. The Kier molecular flexibility index (Phi) is 5.98. The Morgan fingerprint density at radius 2 is 1.91 bits per heavy atom. The summed E-state index contributed by atoms with van der Waals surface area (Å²) < 4.78 is 1.74. The van der Waals surface area contributed by atoms with Gasteiger partial charge >= 0.3 is 5.69 Å². The van der Waals surface area contributed by atoms with E-state index in [2.05, 4.69) is 20.4 Å². The molecule has 0 unspecified atom stereocenters. The van der Waals surface area contributed by atoms with Crippen molar-refractivity contribution in [3.05, 3.63) is 93.4 Å². The van der Waals surface area contributed by atoms with Gasteiger partial charge in [-0.3, -0.25) is 14.6 Å². The Morgan fingerprint density at radius 1 is 1.09 bits per heavy atom. The standard InChI is InChI=1S/C24H19N7O3S/c1-14-6-5-7-15(10-14)20-28-21-17(11-26-31(21)16-8-3-2-4-9-16)23(29-20)35-13-19(32)27-18-12-25-24(34)30-22(18)33/h2-12H,13H2,1H3,(H,27,32)(H2,25,30,33,34). The van der Waals surface area contributed by atoms with Crippen molar-refractivity contribution < 1.29 is 4.79 Å². The van der Waals surface area contributed by atoms with Crippen molar-refractivity contribution in [2.24, 2.45) is 0 Å². The number of aromatic nitrogens is 6. The van der Waals surface area contributed by atoms with Gasteiger partial charge in [-0.05, 0) is 25.1 Å². The number of H-pyrrole nitrogens is 2. The van der Waals surface area contributed by atoms with Crippen molar-refractivity contribution >= 4 is 34.4 Å². The number of carbonyl (C=O) groups is 1. The van der Waals surface area contributed by atoms with E-state index in [1.165, 1.54) is 11.8 Å². The summed E-state index contributed by atoms with van der Waals surface area (Å²) in [5.41, 5.74) is 2.01. The molecule has 2 aromatic carbocycles. The first-order chi connectivity index (χ1) is 17.0. The van der Waals surface area contributed by atoms with Gasteiger partial charge < -0.3 is 10.3 Å². The number of amides is 1. The van der Waals surface area contributed by atoms with Gasteiger partial charge in [0, 0.05) is 11.8 Å². The zero-order valence-electron chi connectivity index (χ0n) is 18.5. The molecule has 0 aliphatic heterocycles. The predicted molar refractivity (Wildman–Crippen MR) is 134 cm³/mol. The molecule has 10 nitrogen and oxygen atoms in total. The van der Waals surface area contributed by atoms with E-state index in [-0.39, 0.29) is 11.4 Å². The van der Waals surface area contributed by atoms with Crippen LogP contribution in [0.1, 0.15) is 5.56 Å². The Hall–Kier alpha value is -4.51. The van der Waals surface area contributed by atoms with Gasteiger partial charge in [0.2, 0.25) is 5.91 Å². The van der Waals surface area contributed by atoms with Crippen molar-refractivity contribution in [1.29, 1.82) is 0 Å². The lowest BCUT2D eigenvalue weighted by Gasteiger charge is -2.09. The van der Waals surface area contributed by atoms with E-state index < -0.39 is 17.2 Å². The highest BCUT2D eigenvalue weighted by Gasteiger charge is 2.17. The molecule has 5 aromatic rings. The van der Waals surface area contributed by atoms with E-state index in [1.54, 1.807) is 10.9 Å². The van der Waals surface area contributed by atoms with Gasteiger partial charge in [0.05, 0.1) is 23.0 Å². The third-order valence-corrected chi connectivity index (χ3v) is 6.10. The molecule has 0 fully saturated rings. The average molecular weight is 486 g/mol. The monoisotopic (exact) mass is 485 g/mol. The van der Waals surface area contributed by atoms with Crippen LogP contribution in [0.3, 0.4) is 0 Å². The van der Waals surface area contributed by atoms with Crippen LogP contribution in [-0.4, -0.2) is 41.4 Å². The molecule has 0 aliphatic rings. The third-order valence-electron chi connectivity index (χ3n) is 5.10. The number of fused-ring (bicyclic) bond motifs is 1. The fourth-order valence-electron chi connectivity index (χ4n) is 3.49. The van der Waals surface area contributed by atoms with E-state index in [0.717, 1.165) is 23.0 Å². The number of anilines is 1. The number of nitrogens with zero attached hydrogens (tertiary/aromatic N) is 4. The van der Waals surface area contributed by atoms with Crippen LogP contribution in [0.15, 0.2) is 81.6 Å². The molecule has 5 rings (SSSR count). The molecule has 35 heavy (non-hydrogen) atoms. The molecule has 174 valence electrons. The lowest BCUT2D eigenvalue weighted by Crippen LogP contribution is -2.27. The van der Waals surface area contributed by atoms with Crippen LogP contribution in [-0.2, 0) is 4.79 Å². The number of carbonyl (C=O) groups excluding carboxylic acids is 1. The summed E-state index contributed by atoms with van der Waals surface area (Å²) >= 11 is 1.21. The summed E-state index contributed by atoms with van der Waals surface area (Å²) in [6, 6.07) is 17.5. The zero-order valence-corrected chi connectivity index (χ0v) is 19.3. The molecular formula is C24H19N7O3S. The molecule has 3 N–H and O–H groups in total. The molecule has 0 saturated carbocycles. The second kappa shape index (κ2) is 9.39. The summed E-state index contributed by atoms with van der Waals surface area (Å²) in [6.45, 7) is 1.99. The van der Waals surface area contributed by atoms with Crippen LogP contribution in [0.5, 0.6) is 0 Å². The smallest absolute Gasteiger partial charge is 0.320 e. The molecule has 0 bridgehead atoms. The minimum absolute atomic E-state index is 0.0194. The summed E-state index contributed by atoms with van der Waals surface area (Å²) in [5.74, 6) is 0.0693. The van der Waals surface area contributed by atoms with E-state index >= 15 is 0 Å². The number of thioether (sulfide) groups is 1. The largest absolute Gasteiger partial charge is 0.325 e. The first-order valence-electron chi connectivity index (χ1n) is 10.6. The van der Waals surface area contributed by atoms with Crippen molar-refractivity contribution in [3.8, 4) is 17.1 Å². The van der Waals surface area contributed by atoms with E-state index in [9.17, 15) is 14.4 Å². The molecule has 3 heterocycles. The molecule has 0 radical (unpaired) electrons. The van der Waals surface area contributed by atoms with Crippen molar-refractivity contribution in [2.45, 2.75) is 11.9 Å². The number of benzene rings is 2. The van der Waals surface area contributed by atoms with Crippen LogP contribution in [0.4, 0.5) is 5.69 Å². The predicted octanol–water partition coefficient (Wildman–Crippen LogP) is 2.90. The molecule has 0 spiro atoms. The molecule has 1 amide bonds. The van der Waals surface area contributed by atoms with E-state index in [4.69, 9.17) is 9.97 Å².